The molecule has 1 aromatic carbocycles. The Labute approximate surface area is 101 Å². The van der Waals surface area contributed by atoms with Crippen molar-refractivity contribution in [3.63, 3.8) is 0 Å². The molecule has 0 saturated carbocycles. The van der Waals surface area contributed by atoms with Crippen molar-refractivity contribution in [1.29, 1.82) is 5.26 Å². The number of hydrogen-bond donors (Lipinski definition) is 2. The molecule has 1 aromatic rings. The van der Waals surface area contributed by atoms with E-state index in [1.54, 1.807) is 12.1 Å². The van der Waals surface area contributed by atoms with Crippen molar-refractivity contribution in [2.75, 3.05) is 11.9 Å². The first-order valence-corrected chi connectivity index (χ1v) is 5.66. The number of rotatable bonds is 5. The molecule has 0 bridgehead atoms. The van der Waals surface area contributed by atoms with E-state index in [4.69, 9.17) is 10.4 Å². The predicted molar refractivity (Wildman–Crippen MR) is 65.1 cm³/mol. The summed E-state index contributed by atoms with van der Waals surface area (Å²) in [5, 5.41) is 21.0. The Bertz CT molecular complexity index is 412. The van der Waals surface area contributed by atoms with E-state index in [-0.39, 0.29) is 24.1 Å². The highest BCUT2D eigenvalue weighted by Gasteiger charge is 2.15. The van der Waals surface area contributed by atoms with Gasteiger partial charge in [0, 0.05) is 12.6 Å². The smallest absolute Gasteiger partial charge is 0.143 e. The molecule has 2 N–H and O–H groups in total. The summed E-state index contributed by atoms with van der Waals surface area (Å²) in [6.07, 6.45) is 0.569. The SMILES string of the molecule is CC(C)[C@@H](CCO)Nc1cccc(F)c1C#N. The zero-order valence-corrected chi connectivity index (χ0v) is 10.1. The highest BCUT2D eigenvalue weighted by molar-refractivity contribution is 5.58. The zero-order valence-electron chi connectivity index (χ0n) is 10.1. The topological polar surface area (TPSA) is 56.0 Å². The standard InChI is InChI=1S/C13H17FN2O/c1-9(2)12(6-7-17)16-13-5-3-4-11(14)10(13)8-15/h3-5,9,12,16-17H,6-7H2,1-2H3/t12-/m1/s1. The van der Waals surface area contributed by atoms with Crippen molar-refractivity contribution in [1.82, 2.24) is 0 Å². The molecule has 0 saturated heterocycles. The fourth-order valence-electron chi connectivity index (χ4n) is 1.67. The first-order chi connectivity index (χ1) is 8.10. The number of hydrogen-bond acceptors (Lipinski definition) is 3. The largest absolute Gasteiger partial charge is 0.396 e. The number of aliphatic hydroxyl groups excluding tert-OH is 1. The highest BCUT2D eigenvalue weighted by Crippen LogP contribution is 2.21. The van der Waals surface area contributed by atoms with Gasteiger partial charge in [-0.15, -0.1) is 0 Å². The molecule has 0 heterocycles. The normalized spacial score (nSPS) is 12.2. The third-order valence-electron chi connectivity index (χ3n) is 2.71. The van der Waals surface area contributed by atoms with E-state index in [9.17, 15) is 4.39 Å². The molecule has 17 heavy (non-hydrogen) atoms. The minimum Gasteiger partial charge on any atom is -0.396 e. The van der Waals surface area contributed by atoms with Crippen LogP contribution in [0, 0.1) is 23.1 Å². The average Bonchev–Trinajstić information content (AvgIpc) is 2.28. The van der Waals surface area contributed by atoms with Crippen molar-refractivity contribution >= 4 is 5.69 Å². The lowest BCUT2D eigenvalue weighted by Gasteiger charge is -2.23. The number of benzene rings is 1. The molecule has 0 spiro atoms. The van der Waals surface area contributed by atoms with Crippen LogP contribution in [0.2, 0.25) is 0 Å². The lowest BCUT2D eigenvalue weighted by Crippen LogP contribution is -2.27. The molecule has 0 unspecified atom stereocenters. The van der Waals surface area contributed by atoms with E-state index in [1.165, 1.54) is 6.07 Å². The fraction of sp³-hybridized carbons (Fsp3) is 0.462. The van der Waals surface area contributed by atoms with E-state index in [2.05, 4.69) is 5.32 Å². The first-order valence-electron chi connectivity index (χ1n) is 5.66. The molecular weight excluding hydrogens is 219 g/mol. The number of nitrogens with one attached hydrogen (secondary N) is 1. The number of halogens is 1. The van der Waals surface area contributed by atoms with Crippen LogP contribution in [0.1, 0.15) is 25.8 Å². The second kappa shape index (κ2) is 6.21. The molecule has 0 aromatic heterocycles. The first kappa shape index (κ1) is 13.5. The molecule has 4 heteroatoms. The summed E-state index contributed by atoms with van der Waals surface area (Å²) in [5.41, 5.74) is 0.510. The summed E-state index contributed by atoms with van der Waals surface area (Å²) < 4.78 is 13.4. The maximum atomic E-state index is 13.4. The molecule has 1 atom stereocenters. The number of nitrogens with zero attached hydrogens (tertiary/aromatic N) is 1. The lowest BCUT2D eigenvalue weighted by molar-refractivity contribution is 0.267. The van der Waals surface area contributed by atoms with E-state index in [0.717, 1.165) is 0 Å². The Hall–Kier alpha value is -1.60. The third kappa shape index (κ3) is 3.43. The second-order valence-electron chi connectivity index (χ2n) is 4.28. The summed E-state index contributed by atoms with van der Waals surface area (Å²) in [7, 11) is 0. The maximum Gasteiger partial charge on any atom is 0.143 e. The second-order valence-corrected chi connectivity index (χ2v) is 4.28. The summed E-state index contributed by atoms with van der Waals surface area (Å²) in [5.74, 6) is -0.235. The molecule has 3 nitrogen and oxygen atoms in total. The highest BCUT2D eigenvalue weighted by atomic mass is 19.1. The summed E-state index contributed by atoms with van der Waals surface area (Å²) in [4.78, 5) is 0. The van der Waals surface area contributed by atoms with Gasteiger partial charge in [0.2, 0.25) is 0 Å². The van der Waals surface area contributed by atoms with Gasteiger partial charge >= 0.3 is 0 Å². The minimum atomic E-state index is -0.524. The minimum absolute atomic E-state index is 0.0221. The Morgan fingerprint density at radius 1 is 1.47 bits per heavy atom. The molecular formula is C13H17FN2O. The number of anilines is 1. The van der Waals surface area contributed by atoms with Crippen LogP contribution in [0.5, 0.6) is 0 Å². The lowest BCUT2D eigenvalue weighted by atomic mass is 10.0. The van der Waals surface area contributed by atoms with Gasteiger partial charge in [-0.05, 0) is 24.5 Å². The molecule has 0 amide bonds. The van der Waals surface area contributed by atoms with Gasteiger partial charge in [-0.1, -0.05) is 19.9 Å². The van der Waals surface area contributed by atoms with Gasteiger partial charge in [0.25, 0.3) is 0 Å². The van der Waals surface area contributed by atoms with Gasteiger partial charge in [0.1, 0.15) is 17.4 Å². The van der Waals surface area contributed by atoms with Crippen LogP contribution < -0.4 is 5.32 Å². The van der Waals surface area contributed by atoms with Crippen molar-refractivity contribution in [2.45, 2.75) is 26.3 Å². The monoisotopic (exact) mass is 236 g/mol. The average molecular weight is 236 g/mol. The molecule has 0 aliphatic heterocycles. The fourth-order valence-corrected chi connectivity index (χ4v) is 1.67. The Kier molecular flexibility index (Phi) is 4.92. The molecule has 0 aliphatic carbocycles. The van der Waals surface area contributed by atoms with Crippen LogP contribution in [0.4, 0.5) is 10.1 Å². The quantitative estimate of drug-likeness (QED) is 0.826. The molecule has 0 aliphatic rings. The van der Waals surface area contributed by atoms with E-state index >= 15 is 0 Å². The van der Waals surface area contributed by atoms with Crippen LogP contribution in [0.15, 0.2) is 18.2 Å². The summed E-state index contributed by atoms with van der Waals surface area (Å²) in [6, 6.07) is 6.38. The van der Waals surface area contributed by atoms with Gasteiger partial charge in [0.05, 0.1) is 5.69 Å². The van der Waals surface area contributed by atoms with E-state index in [1.807, 2.05) is 19.9 Å². The van der Waals surface area contributed by atoms with Crippen LogP contribution in [0.3, 0.4) is 0 Å². The van der Waals surface area contributed by atoms with Crippen LogP contribution in [0.25, 0.3) is 0 Å². The zero-order chi connectivity index (χ0) is 12.8. The Balaban J connectivity index is 2.94. The summed E-state index contributed by atoms with van der Waals surface area (Å²) >= 11 is 0. The van der Waals surface area contributed by atoms with Crippen molar-refractivity contribution < 1.29 is 9.50 Å². The Morgan fingerprint density at radius 3 is 2.71 bits per heavy atom. The third-order valence-corrected chi connectivity index (χ3v) is 2.71. The Morgan fingerprint density at radius 2 is 2.18 bits per heavy atom. The van der Waals surface area contributed by atoms with Crippen LogP contribution in [-0.2, 0) is 0 Å². The number of aliphatic hydroxyl groups is 1. The van der Waals surface area contributed by atoms with E-state index < -0.39 is 5.82 Å². The predicted octanol–water partition coefficient (Wildman–Crippen LogP) is 2.52. The van der Waals surface area contributed by atoms with Crippen LogP contribution >= 0.6 is 0 Å². The summed E-state index contributed by atoms with van der Waals surface area (Å²) in [6.45, 7) is 4.09. The van der Waals surface area contributed by atoms with Gasteiger partial charge < -0.3 is 10.4 Å². The van der Waals surface area contributed by atoms with Crippen molar-refractivity contribution in [2.24, 2.45) is 5.92 Å². The van der Waals surface area contributed by atoms with Gasteiger partial charge in [-0.2, -0.15) is 5.26 Å². The molecule has 92 valence electrons. The van der Waals surface area contributed by atoms with Gasteiger partial charge in [-0.25, -0.2) is 4.39 Å². The van der Waals surface area contributed by atoms with E-state index in [0.29, 0.717) is 12.1 Å². The van der Waals surface area contributed by atoms with Gasteiger partial charge in [0.15, 0.2) is 0 Å². The van der Waals surface area contributed by atoms with Crippen LogP contribution in [-0.4, -0.2) is 17.8 Å². The molecule has 1 rings (SSSR count). The number of nitriles is 1. The maximum absolute atomic E-state index is 13.4. The van der Waals surface area contributed by atoms with Gasteiger partial charge in [-0.3, -0.25) is 0 Å². The van der Waals surface area contributed by atoms with Crippen molar-refractivity contribution in [3.05, 3.63) is 29.6 Å². The van der Waals surface area contributed by atoms with Crippen molar-refractivity contribution in [3.8, 4) is 6.07 Å². The molecule has 0 fully saturated rings. The molecule has 0 radical (unpaired) electrons.